The van der Waals surface area contributed by atoms with Gasteiger partial charge in [0.05, 0.1) is 5.92 Å². The Labute approximate surface area is 160 Å². The summed E-state index contributed by atoms with van der Waals surface area (Å²) in [5.41, 5.74) is 0.578. The van der Waals surface area contributed by atoms with E-state index in [4.69, 9.17) is 14.2 Å². The maximum absolute atomic E-state index is 12.3. The number of ether oxygens (including phenoxy) is 3. The Hall–Kier alpha value is 0.0900. The van der Waals surface area contributed by atoms with Crippen molar-refractivity contribution < 1.29 is 19.0 Å². The average molecular weight is 389 g/mol. The molecule has 0 bridgehead atoms. The molecule has 25 heavy (non-hydrogen) atoms. The molecule has 144 valence electrons. The third kappa shape index (κ3) is 5.78. The zero-order valence-electron chi connectivity index (χ0n) is 15.5. The summed E-state index contributed by atoms with van der Waals surface area (Å²) in [6, 6.07) is 0. The van der Waals surface area contributed by atoms with Gasteiger partial charge < -0.3 is 14.2 Å². The van der Waals surface area contributed by atoms with E-state index in [0.29, 0.717) is 5.44 Å². The number of carbonyl (C=O) groups is 1. The van der Waals surface area contributed by atoms with Crippen molar-refractivity contribution in [3.05, 3.63) is 0 Å². The van der Waals surface area contributed by atoms with Gasteiger partial charge in [-0.2, -0.15) is 0 Å². The van der Waals surface area contributed by atoms with E-state index in [0.717, 1.165) is 44.0 Å². The maximum Gasteiger partial charge on any atom is 0.310 e. The molecule has 3 heterocycles. The molecule has 0 aromatic heterocycles. The van der Waals surface area contributed by atoms with Crippen molar-refractivity contribution in [2.45, 2.75) is 75.8 Å². The summed E-state index contributed by atoms with van der Waals surface area (Å²) in [6.07, 6.45) is 7.98. The maximum atomic E-state index is 12.3. The van der Waals surface area contributed by atoms with Crippen molar-refractivity contribution in [3.8, 4) is 0 Å². The largest absolute Gasteiger partial charge is 0.462 e. The lowest BCUT2D eigenvalue weighted by atomic mass is 9.85. The van der Waals surface area contributed by atoms with Gasteiger partial charge >= 0.3 is 5.97 Å². The minimum Gasteiger partial charge on any atom is -0.462 e. The Kier molecular flexibility index (Phi) is 7.41. The molecule has 4 unspecified atom stereocenters. The highest BCUT2D eigenvalue weighted by atomic mass is 32.2. The van der Waals surface area contributed by atoms with Crippen LogP contribution in [0.1, 0.15) is 58.8 Å². The van der Waals surface area contributed by atoms with Crippen LogP contribution in [-0.2, 0) is 19.0 Å². The SMILES string of the molecule is CC(C)(CSC1CCCCO1)C1CC(CSC2CCCCO2)C(=O)O1. The van der Waals surface area contributed by atoms with Crippen LogP contribution in [-0.4, -0.2) is 47.7 Å². The molecule has 3 aliphatic heterocycles. The smallest absolute Gasteiger partial charge is 0.310 e. The van der Waals surface area contributed by atoms with Crippen molar-refractivity contribution in [2.75, 3.05) is 24.7 Å². The van der Waals surface area contributed by atoms with Crippen LogP contribution in [0.4, 0.5) is 0 Å². The second-order valence-electron chi connectivity index (χ2n) is 8.08. The lowest BCUT2D eigenvalue weighted by molar-refractivity contribution is -0.147. The summed E-state index contributed by atoms with van der Waals surface area (Å²) in [5, 5.41) is 0. The number of cyclic esters (lactones) is 1. The highest BCUT2D eigenvalue weighted by Crippen LogP contribution is 2.40. The van der Waals surface area contributed by atoms with Crippen molar-refractivity contribution >= 4 is 29.5 Å². The summed E-state index contributed by atoms with van der Waals surface area (Å²) in [7, 11) is 0. The van der Waals surface area contributed by atoms with Crippen LogP contribution in [0.3, 0.4) is 0 Å². The number of hydrogen-bond donors (Lipinski definition) is 0. The van der Waals surface area contributed by atoms with Crippen LogP contribution in [0.25, 0.3) is 0 Å². The summed E-state index contributed by atoms with van der Waals surface area (Å²) >= 11 is 3.69. The predicted octanol–water partition coefficient (Wildman–Crippen LogP) is 4.46. The number of rotatable bonds is 7. The first-order valence-electron chi connectivity index (χ1n) is 9.71. The molecule has 3 aliphatic rings. The third-order valence-corrected chi connectivity index (χ3v) is 8.35. The van der Waals surface area contributed by atoms with Gasteiger partial charge in [-0.1, -0.05) is 13.8 Å². The van der Waals surface area contributed by atoms with Gasteiger partial charge in [-0.05, 0) is 44.9 Å². The fourth-order valence-corrected chi connectivity index (χ4v) is 6.14. The lowest BCUT2D eigenvalue weighted by Crippen LogP contribution is -2.33. The standard InChI is InChI=1S/C19H32O4S2/c1-19(2,13-25-17-8-4-6-10-22-17)15-11-14(18(20)23-15)12-24-16-7-3-5-9-21-16/h14-17H,3-13H2,1-2H3. The first-order chi connectivity index (χ1) is 12.0. The molecule has 4 atom stereocenters. The van der Waals surface area contributed by atoms with Gasteiger partial charge in [0.15, 0.2) is 0 Å². The predicted molar refractivity (Wildman–Crippen MR) is 104 cm³/mol. The Morgan fingerprint density at radius 2 is 1.64 bits per heavy atom. The first kappa shape index (κ1) is 19.8. The van der Waals surface area contributed by atoms with Crippen molar-refractivity contribution in [2.24, 2.45) is 11.3 Å². The molecule has 0 spiro atoms. The van der Waals surface area contributed by atoms with Crippen molar-refractivity contribution in [1.82, 2.24) is 0 Å². The van der Waals surface area contributed by atoms with Gasteiger partial charge in [-0.25, -0.2) is 0 Å². The molecule has 0 aliphatic carbocycles. The number of hydrogen-bond acceptors (Lipinski definition) is 6. The zero-order valence-corrected chi connectivity index (χ0v) is 17.2. The highest BCUT2D eigenvalue weighted by Gasteiger charge is 2.43. The van der Waals surface area contributed by atoms with E-state index >= 15 is 0 Å². The van der Waals surface area contributed by atoms with Crippen LogP contribution in [0.15, 0.2) is 0 Å². The number of esters is 1. The van der Waals surface area contributed by atoms with E-state index in [1.165, 1.54) is 25.7 Å². The van der Waals surface area contributed by atoms with Gasteiger partial charge in [0.2, 0.25) is 0 Å². The van der Waals surface area contributed by atoms with E-state index in [9.17, 15) is 4.79 Å². The first-order valence-corrected chi connectivity index (χ1v) is 11.8. The minimum absolute atomic E-state index is 0.0120. The molecule has 0 radical (unpaired) electrons. The van der Waals surface area contributed by atoms with Gasteiger partial charge in [0, 0.05) is 30.1 Å². The zero-order chi connectivity index (χ0) is 17.7. The van der Waals surface area contributed by atoms with Crippen LogP contribution < -0.4 is 0 Å². The molecule has 3 saturated heterocycles. The fraction of sp³-hybridized carbons (Fsp3) is 0.947. The molecule has 3 rings (SSSR count). The summed E-state index contributed by atoms with van der Waals surface area (Å²) in [6.45, 7) is 6.20. The monoisotopic (exact) mass is 388 g/mol. The molecule has 0 aromatic rings. The molecular weight excluding hydrogens is 356 g/mol. The van der Waals surface area contributed by atoms with Crippen LogP contribution in [0.2, 0.25) is 0 Å². The third-order valence-electron chi connectivity index (χ3n) is 5.36. The summed E-state index contributed by atoms with van der Waals surface area (Å²) < 4.78 is 17.4. The molecule has 3 fully saturated rings. The quantitative estimate of drug-likeness (QED) is 0.600. The molecule has 6 heteroatoms. The van der Waals surface area contributed by atoms with Crippen LogP contribution in [0.5, 0.6) is 0 Å². The van der Waals surface area contributed by atoms with Crippen molar-refractivity contribution in [1.29, 1.82) is 0 Å². The molecular formula is C19H32O4S2. The van der Waals surface area contributed by atoms with Crippen molar-refractivity contribution in [3.63, 3.8) is 0 Å². The van der Waals surface area contributed by atoms with E-state index in [-0.39, 0.29) is 28.8 Å². The van der Waals surface area contributed by atoms with Gasteiger partial charge in [-0.15, -0.1) is 23.5 Å². The molecule has 0 aromatic carbocycles. The molecule has 0 N–H and O–H groups in total. The Balaban J connectivity index is 1.43. The lowest BCUT2D eigenvalue weighted by Gasteiger charge is -2.32. The van der Waals surface area contributed by atoms with Gasteiger partial charge in [0.1, 0.15) is 17.0 Å². The van der Waals surface area contributed by atoms with E-state index < -0.39 is 0 Å². The Morgan fingerprint density at radius 3 is 2.24 bits per heavy atom. The number of carbonyl (C=O) groups excluding carboxylic acids is 1. The second kappa shape index (κ2) is 9.34. The van der Waals surface area contributed by atoms with E-state index in [1.54, 1.807) is 11.8 Å². The number of thioether (sulfide) groups is 2. The summed E-state index contributed by atoms with van der Waals surface area (Å²) in [5.74, 6) is 1.81. The van der Waals surface area contributed by atoms with E-state index in [1.807, 2.05) is 11.8 Å². The fourth-order valence-electron chi connectivity index (χ4n) is 3.56. The Bertz CT molecular complexity index is 431. The molecule has 0 saturated carbocycles. The van der Waals surface area contributed by atoms with Gasteiger partial charge in [-0.3, -0.25) is 4.79 Å². The van der Waals surface area contributed by atoms with Crippen LogP contribution >= 0.6 is 23.5 Å². The minimum atomic E-state index is -0.0136. The van der Waals surface area contributed by atoms with Gasteiger partial charge in [0.25, 0.3) is 0 Å². The molecule has 0 amide bonds. The van der Waals surface area contributed by atoms with Crippen LogP contribution in [0, 0.1) is 11.3 Å². The normalized spacial score (nSPS) is 34.1. The second-order valence-corrected chi connectivity index (χ2v) is 10.4. The average Bonchev–Trinajstić information content (AvgIpc) is 3.02. The summed E-state index contributed by atoms with van der Waals surface area (Å²) in [4.78, 5) is 12.3. The van der Waals surface area contributed by atoms with E-state index in [2.05, 4.69) is 13.8 Å². The molecule has 4 nitrogen and oxygen atoms in total. The highest BCUT2D eigenvalue weighted by molar-refractivity contribution is 8.00. The topological polar surface area (TPSA) is 44.8 Å². The Morgan fingerprint density at radius 1 is 1.00 bits per heavy atom.